The fourth-order valence-electron chi connectivity index (χ4n) is 3.07. The van der Waals surface area contributed by atoms with Gasteiger partial charge in [0.1, 0.15) is 16.4 Å². The third-order valence-electron chi connectivity index (χ3n) is 4.99. The largest absolute Gasteiger partial charge is 0.497 e. The van der Waals surface area contributed by atoms with Gasteiger partial charge in [-0.15, -0.1) is 0 Å². The minimum Gasteiger partial charge on any atom is -0.497 e. The van der Waals surface area contributed by atoms with E-state index in [1.54, 1.807) is 35.2 Å². The molecule has 170 valence electrons. The average Bonchev–Trinajstić information content (AvgIpc) is 2.71. The van der Waals surface area contributed by atoms with Crippen LogP contribution in [0.25, 0.3) is 0 Å². The van der Waals surface area contributed by atoms with Crippen LogP contribution in [0.5, 0.6) is 11.5 Å². The van der Waals surface area contributed by atoms with E-state index >= 15 is 0 Å². The molecule has 0 heterocycles. The molecule has 0 fully saturated rings. The number of ether oxygens (including phenoxy) is 1. The Bertz CT molecular complexity index is 978. The number of para-hydroxylation sites is 1. The minimum atomic E-state index is -4.03. The molecule has 0 spiro atoms. The molecule has 0 bridgehead atoms. The molecule has 1 atom stereocenters. The van der Waals surface area contributed by atoms with Crippen LogP contribution in [0.1, 0.15) is 53.0 Å². The van der Waals surface area contributed by atoms with E-state index in [2.05, 4.69) is 0 Å². The zero-order valence-electron chi connectivity index (χ0n) is 19.2. The van der Waals surface area contributed by atoms with Gasteiger partial charge < -0.3 is 13.8 Å². The fourth-order valence-corrected chi connectivity index (χ4v) is 4.04. The predicted molar refractivity (Wildman–Crippen MR) is 122 cm³/mol. The van der Waals surface area contributed by atoms with Crippen LogP contribution in [0, 0.1) is 5.41 Å². The number of amides is 1. The molecule has 0 aliphatic rings. The second kappa shape index (κ2) is 10.2. The van der Waals surface area contributed by atoms with Gasteiger partial charge in [-0.3, -0.25) is 4.79 Å². The van der Waals surface area contributed by atoms with Crippen molar-refractivity contribution in [3.05, 3.63) is 54.1 Å². The van der Waals surface area contributed by atoms with Crippen molar-refractivity contribution in [1.29, 1.82) is 0 Å². The molecule has 0 aliphatic heterocycles. The first-order valence-corrected chi connectivity index (χ1v) is 11.8. The van der Waals surface area contributed by atoms with Crippen molar-refractivity contribution in [2.75, 3.05) is 7.11 Å². The smallest absolute Gasteiger partial charge is 0.339 e. The lowest BCUT2D eigenvalue weighted by atomic mass is 9.91. The Kier molecular flexibility index (Phi) is 8.12. The standard InChI is InChI=1S/C24H33NO5S/c1-7-18(2)25(23(26)16-24(3,4)5)17-19-10-8-9-11-22(19)30-31(27,28)21-14-12-20(29-6)13-15-21/h8-15,18H,7,16-17H2,1-6H3/t18-/m0/s1. The monoisotopic (exact) mass is 447 g/mol. The maximum absolute atomic E-state index is 13.0. The highest BCUT2D eigenvalue weighted by Gasteiger charge is 2.26. The van der Waals surface area contributed by atoms with Crippen molar-refractivity contribution in [3.8, 4) is 11.5 Å². The normalized spacial score (nSPS) is 12.8. The van der Waals surface area contributed by atoms with Gasteiger partial charge in [-0.05, 0) is 49.1 Å². The Labute approximate surface area is 186 Å². The molecule has 0 N–H and O–H groups in total. The predicted octanol–water partition coefficient (Wildman–Crippen LogP) is 5.03. The van der Waals surface area contributed by atoms with E-state index in [0.717, 1.165) is 6.42 Å². The number of benzene rings is 2. The number of hydrogen-bond acceptors (Lipinski definition) is 5. The molecule has 0 unspecified atom stereocenters. The third-order valence-corrected chi connectivity index (χ3v) is 6.23. The Morgan fingerprint density at radius 2 is 1.68 bits per heavy atom. The summed E-state index contributed by atoms with van der Waals surface area (Å²) in [6.45, 7) is 10.4. The fraction of sp³-hybridized carbons (Fsp3) is 0.458. The van der Waals surface area contributed by atoms with Gasteiger partial charge in [0.15, 0.2) is 0 Å². The van der Waals surface area contributed by atoms with Gasteiger partial charge in [0, 0.05) is 24.6 Å². The summed E-state index contributed by atoms with van der Waals surface area (Å²) < 4.78 is 36.2. The van der Waals surface area contributed by atoms with Crippen molar-refractivity contribution < 1.29 is 22.1 Å². The van der Waals surface area contributed by atoms with Gasteiger partial charge in [0.2, 0.25) is 5.91 Å². The molecular weight excluding hydrogens is 414 g/mol. The van der Waals surface area contributed by atoms with E-state index in [1.807, 2.05) is 40.7 Å². The molecule has 0 radical (unpaired) electrons. The van der Waals surface area contributed by atoms with Gasteiger partial charge in [-0.2, -0.15) is 8.42 Å². The molecule has 0 saturated carbocycles. The van der Waals surface area contributed by atoms with Crippen LogP contribution in [0.2, 0.25) is 0 Å². The zero-order valence-corrected chi connectivity index (χ0v) is 20.0. The van der Waals surface area contributed by atoms with Crippen molar-refractivity contribution in [2.45, 2.75) is 64.9 Å². The quantitative estimate of drug-likeness (QED) is 0.504. The topological polar surface area (TPSA) is 72.9 Å². The van der Waals surface area contributed by atoms with Crippen molar-refractivity contribution in [2.24, 2.45) is 5.41 Å². The summed E-state index contributed by atoms with van der Waals surface area (Å²) >= 11 is 0. The first-order chi connectivity index (χ1) is 14.5. The summed E-state index contributed by atoms with van der Waals surface area (Å²) in [7, 11) is -2.52. The highest BCUT2D eigenvalue weighted by molar-refractivity contribution is 7.87. The lowest BCUT2D eigenvalue weighted by molar-refractivity contribution is -0.135. The summed E-state index contributed by atoms with van der Waals surface area (Å²) in [4.78, 5) is 14.8. The minimum absolute atomic E-state index is 0.0149. The molecule has 0 aromatic heterocycles. The first kappa shape index (κ1) is 24.7. The van der Waals surface area contributed by atoms with Gasteiger partial charge in [-0.25, -0.2) is 0 Å². The van der Waals surface area contributed by atoms with Crippen molar-refractivity contribution >= 4 is 16.0 Å². The van der Waals surface area contributed by atoms with Crippen LogP contribution in [-0.4, -0.2) is 32.4 Å². The van der Waals surface area contributed by atoms with Gasteiger partial charge in [0.05, 0.1) is 7.11 Å². The van der Waals surface area contributed by atoms with Crippen LogP contribution in [-0.2, 0) is 21.5 Å². The van der Waals surface area contributed by atoms with Gasteiger partial charge >= 0.3 is 10.1 Å². The Morgan fingerprint density at radius 1 is 1.06 bits per heavy atom. The van der Waals surface area contributed by atoms with Crippen molar-refractivity contribution in [1.82, 2.24) is 4.90 Å². The number of methoxy groups -OCH3 is 1. The zero-order chi connectivity index (χ0) is 23.2. The number of rotatable bonds is 9. The molecule has 6 nitrogen and oxygen atoms in total. The van der Waals surface area contributed by atoms with E-state index in [0.29, 0.717) is 17.7 Å². The maximum atomic E-state index is 13.0. The second-order valence-electron chi connectivity index (χ2n) is 8.84. The summed E-state index contributed by atoms with van der Waals surface area (Å²) in [5.74, 6) is 0.811. The van der Waals surface area contributed by atoms with E-state index in [4.69, 9.17) is 8.92 Å². The molecule has 2 aromatic carbocycles. The highest BCUT2D eigenvalue weighted by Crippen LogP contribution is 2.28. The second-order valence-corrected chi connectivity index (χ2v) is 10.4. The Balaban J connectivity index is 2.31. The molecule has 2 rings (SSSR count). The molecule has 0 saturated heterocycles. The van der Waals surface area contributed by atoms with E-state index < -0.39 is 10.1 Å². The number of carbonyl (C=O) groups excluding carboxylic acids is 1. The van der Waals surface area contributed by atoms with Crippen LogP contribution in [0.15, 0.2) is 53.4 Å². The molecule has 7 heteroatoms. The lowest BCUT2D eigenvalue weighted by Crippen LogP contribution is -2.39. The third kappa shape index (κ3) is 6.99. The average molecular weight is 448 g/mol. The number of carbonyl (C=O) groups is 1. The van der Waals surface area contributed by atoms with Gasteiger partial charge in [0.25, 0.3) is 0 Å². The first-order valence-electron chi connectivity index (χ1n) is 10.4. The van der Waals surface area contributed by atoms with Crippen LogP contribution < -0.4 is 8.92 Å². The summed E-state index contributed by atoms with van der Waals surface area (Å²) in [5, 5.41) is 0. The van der Waals surface area contributed by atoms with Crippen LogP contribution in [0.4, 0.5) is 0 Å². The Hall–Kier alpha value is -2.54. The lowest BCUT2D eigenvalue weighted by Gasteiger charge is -2.32. The van der Waals surface area contributed by atoms with E-state index in [1.165, 1.54) is 19.2 Å². The molecule has 31 heavy (non-hydrogen) atoms. The Morgan fingerprint density at radius 3 is 2.23 bits per heavy atom. The van der Waals surface area contributed by atoms with Crippen molar-refractivity contribution in [3.63, 3.8) is 0 Å². The highest BCUT2D eigenvalue weighted by atomic mass is 32.2. The molecular formula is C24H33NO5S. The summed E-state index contributed by atoms with van der Waals surface area (Å²) in [6.07, 6.45) is 1.20. The molecule has 1 amide bonds. The van der Waals surface area contributed by atoms with Crippen LogP contribution in [0.3, 0.4) is 0 Å². The summed E-state index contributed by atoms with van der Waals surface area (Å²) in [6, 6.07) is 13.0. The number of hydrogen-bond donors (Lipinski definition) is 0. The maximum Gasteiger partial charge on any atom is 0.339 e. The summed E-state index contributed by atoms with van der Waals surface area (Å²) in [5.41, 5.74) is 0.499. The van der Waals surface area contributed by atoms with Gasteiger partial charge in [-0.1, -0.05) is 45.9 Å². The van der Waals surface area contributed by atoms with Crippen LogP contribution >= 0.6 is 0 Å². The van der Waals surface area contributed by atoms with E-state index in [9.17, 15) is 13.2 Å². The SMILES string of the molecule is CC[C@H](C)N(Cc1ccccc1OS(=O)(=O)c1ccc(OC)cc1)C(=O)CC(C)(C)C. The molecule has 2 aromatic rings. The number of nitrogens with zero attached hydrogens (tertiary/aromatic N) is 1. The molecule has 0 aliphatic carbocycles. The van der Waals surface area contributed by atoms with E-state index in [-0.39, 0.29) is 34.6 Å².